The Morgan fingerprint density at radius 1 is 1.11 bits per heavy atom. The van der Waals surface area contributed by atoms with Crippen molar-refractivity contribution in [3.8, 4) is 0 Å². The van der Waals surface area contributed by atoms with Gasteiger partial charge in [0.05, 0.1) is 17.2 Å². The maximum absolute atomic E-state index is 13.3. The number of amides is 1. The molecule has 0 unspecified atom stereocenters. The third kappa shape index (κ3) is 3.80. The Kier molecular flexibility index (Phi) is 5.44. The molecule has 0 aliphatic heterocycles. The number of para-hydroxylation sites is 1. The molecule has 0 radical (unpaired) electrons. The smallest absolute Gasteiger partial charge is 0.261 e. The minimum atomic E-state index is -0.252. The topological polar surface area (TPSA) is 55.2 Å². The highest BCUT2D eigenvalue weighted by atomic mass is 35.5. The minimum Gasteiger partial charge on any atom is -0.308 e. The Bertz CT molecular complexity index is 1040. The van der Waals surface area contributed by atoms with E-state index < -0.39 is 0 Å². The summed E-state index contributed by atoms with van der Waals surface area (Å²) in [5.41, 5.74) is 1.20. The van der Waals surface area contributed by atoms with Crippen molar-refractivity contribution in [1.29, 1.82) is 0 Å². The summed E-state index contributed by atoms with van der Waals surface area (Å²) in [6.45, 7) is -0.0420. The third-order valence-electron chi connectivity index (χ3n) is 5.33. The molecule has 28 heavy (non-hydrogen) atoms. The van der Waals surface area contributed by atoms with Crippen LogP contribution in [-0.4, -0.2) is 21.5 Å². The molecular formula is C22H22ClN3O2. The second-order valence-electron chi connectivity index (χ2n) is 7.23. The van der Waals surface area contributed by atoms with E-state index in [-0.39, 0.29) is 24.1 Å². The summed E-state index contributed by atoms with van der Waals surface area (Å²) < 4.78 is 1.37. The summed E-state index contributed by atoms with van der Waals surface area (Å²) in [7, 11) is 0. The molecule has 0 N–H and O–H groups in total. The SMILES string of the molecule is O=C(Cn1cnc2ccc(Cl)cc2c1=O)N(c1ccccc1)C1CCCCC1. The molecule has 1 aliphatic rings. The first kappa shape index (κ1) is 18.7. The van der Waals surface area contributed by atoms with Crippen LogP contribution in [0.3, 0.4) is 0 Å². The largest absolute Gasteiger partial charge is 0.308 e. The molecule has 0 atom stereocenters. The molecule has 0 bridgehead atoms. The molecule has 5 nitrogen and oxygen atoms in total. The van der Waals surface area contributed by atoms with Gasteiger partial charge in [0, 0.05) is 16.8 Å². The minimum absolute atomic E-state index is 0.0420. The standard InChI is InChI=1S/C22H22ClN3O2/c23-16-11-12-20-19(13-16)22(28)25(15-24-20)14-21(27)26(17-7-3-1-4-8-17)18-9-5-2-6-10-18/h1,3-4,7-8,11-13,15,18H,2,5-6,9-10,14H2. The Labute approximate surface area is 168 Å². The van der Waals surface area contributed by atoms with Crippen LogP contribution < -0.4 is 10.5 Å². The van der Waals surface area contributed by atoms with Crippen LogP contribution in [0.25, 0.3) is 10.9 Å². The average molecular weight is 396 g/mol. The first-order valence-corrected chi connectivity index (χ1v) is 10.0. The van der Waals surface area contributed by atoms with Crippen molar-refractivity contribution < 1.29 is 4.79 Å². The van der Waals surface area contributed by atoms with E-state index in [4.69, 9.17) is 11.6 Å². The van der Waals surface area contributed by atoms with E-state index in [2.05, 4.69) is 4.98 Å². The van der Waals surface area contributed by atoms with Gasteiger partial charge in [0.1, 0.15) is 6.54 Å². The number of halogens is 1. The molecule has 144 valence electrons. The number of anilines is 1. The van der Waals surface area contributed by atoms with Crippen molar-refractivity contribution in [1.82, 2.24) is 9.55 Å². The molecule has 2 aromatic carbocycles. The predicted molar refractivity (Wildman–Crippen MR) is 112 cm³/mol. The number of nitrogens with zero attached hydrogens (tertiary/aromatic N) is 3. The van der Waals surface area contributed by atoms with Crippen molar-refractivity contribution in [2.24, 2.45) is 0 Å². The number of hydrogen-bond donors (Lipinski definition) is 0. The van der Waals surface area contributed by atoms with Gasteiger partial charge in [-0.15, -0.1) is 0 Å². The van der Waals surface area contributed by atoms with Crippen LogP contribution in [0.15, 0.2) is 59.7 Å². The van der Waals surface area contributed by atoms with Gasteiger partial charge in [-0.3, -0.25) is 14.2 Å². The normalized spacial score (nSPS) is 14.9. The van der Waals surface area contributed by atoms with Crippen molar-refractivity contribution in [2.75, 3.05) is 4.90 Å². The summed E-state index contributed by atoms with van der Waals surface area (Å²) in [5.74, 6) is -0.0941. The number of fused-ring (bicyclic) bond motifs is 1. The quantitative estimate of drug-likeness (QED) is 0.657. The van der Waals surface area contributed by atoms with E-state index >= 15 is 0 Å². The first-order chi connectivity index (χ1) is 13.6. The fourth-order valence-electron chi connectivity index (χ4n) is 3.95. The third-order valence-corrected chi connectivity index (χ3v) is 5.57. The van der Waals surface area contributed by atoms with E-state index in [0.717, 1.165) is 31.4 Å². The van der Waals surface area contributed by atoms with E-state index in [0.29, 0.717) is 15.9 Å². The molecule has 4 rings (SSSR count). The summed E-state index contributed by atoms with van der Waals surface area (Å²) in [4.78, 5) is 32.3. The van der Waals surface area contributed by atoms with Gasteiger partial charge >= 0.3 is 0 Å². The van der Waals surface area contributed by atoms with Gasteiger partial charge in [0.2, 0.25) is 5.91 Å². The lowest BCUT2D eigenvalue weighted by Gasteiger charge is -2.34. The van der Waals surface area contributed by atoms with Crippen molar-refractivity contribution in [2.45, 2.75) is 44.7 Å². The molecule has 0 saturated heterocycles. The van der Waals surface area contributed by atoms with Crippen molar-refractivity contribution >= 4 is 34.1 Å². The van der Waals surface area contributed by atoms with E-state index in [1.54, 1.807) is 18.2 Å². The molecule has 0 spiro atoms. The zero-order chi connectivity index (χ0) is 19.5. The van der Waals surface area contributed by atoms with Crippen LogP contribution in [0.4, 0.5) is 5.69 Å². The zero-order valence-corrected chi connectivity index (χ0v) is 16.3. The van der Waals surface area contributed by atoms with Crippen LogP contribution in [0.2, 0.25) is 5.02 Å². The average Bonchev–Trinajstić information content (AvgIpc) is 2.72. The highest BCUT2D eigenvalue weighted by Crippen LogP contribution is 2.27. The van der Waals surface area contributed by atoms with Crippen molar-refractivity contribution in [3.63, 3.8) is 0 Å². The predicted octanol–water partition coefficient (Wildman–Crippen LogP) is 4.42. The summed E-state index contributed by atoms with van der Waals surface area (Å²) in [6.07, 6.45) is 6.87. The maximum atomic E-state index is 13.3. The first-order valence-electron chi connectivity index (χ1n) is 9.65. The fourth-order valence-corrected chi connectivity index (χ4v) is 4.12. The molecule has 1 heterocycles. The van der Waals surface area contributed by atoms with Gasteiger partial charge in [-0.25, -0.2) is 4.98 Å². The summed E-state index contributed by atoms with van der Waals surface area (Å²) in [5, 5.41) is 0.898. The van der Waals surface area contributed by atoms with Gasteiger partial charge < -0.3 is 4.90 Å². The van der Waals surface area contributed by atoms with Crippen LogP contribution in [-0.2, 0) is 11.3 Å². The van der Waals surface area contributed by atoms with Crippen LogP contribution >= 0.6 is 11.6 Å². The number of rotatable bonds is 4. The summed E-state index contributed by atoms with van der Waals surface area (Å²) in [6, 6.07) is 14.9. The number of benzene rings is 2. The molecule has 6 heteroatoms. The lowest BCUT2D eigenvalue weighted by atomic mass is 9.93. The zero-order valence-electron chi connectivity index (χ0n) is 15.6. The highest BCUT2D eigenvalue weighted by Gasteiger charge is 2.27. The van der Waals surface area contributed by atoms with E-state index in [1.165, 1.54) is 17.3 Å². The van der Waals surface area contributed by atoms with Crippen LogP contribution in [0.1, 0.15) is 32.1 Å². The monoisotopic (exact) mass is 395 g/mol. The van der Waals surface area contributed by atoms with Gasteiger partial charge in [0.25, 0.3) is 5.56 Å². The molecule has 1 amide bonds. The molecule has 1 saturated carbocycles. The Morgan fingerprint density at radius 2 is 1.86 bits per heavy atom. The molecule has 1 aliphatic carbocycles. The second-order valence-corrected chi connectivity index (χ2v) is 7.67. The number of hydrogen-bond acceptors (Lipinski definition) is 3. The van der Waals surface area contributed by atoms with Gasteiger partial charge in [-0.05, 0) is 43.2 Å². The van der Waals surface area contributed by atoms with Crippen LogP contribution in [0, 0.1) is 0 Å². The lowest BCUT2D eigenvalue weighted by Crippen LogP contribution is -2.44. The Hall–Kier alpha value is -2.66. The Balaban J connectivity index is 1.67. The summed E-state index contributed by atoms with van der Waals surface area (Å²) >= 11 is 6.03. The van der Waals surface area contributed by atoms with Gasteiger partial charge in [-0.2, -0.15) is 0 Å². The number of carbonyl (C=O) groups excluding carboxylic acids is 1. The lowest BCUT2D eigenvalue weighted by molar-refractivity contribution is -0.119. The van der Waals surface area contributed by atoms with Gasteiger partial charge in [-0.1, -0.05) is 49.1 Å². The number of aromatic nitrogens is 2. The fraction of sp³-hybridized carbons (Fsp3) is 0.318. The van der Waals surface area contributed by atoms with Crippen molar-refractivity contribution in [3.05, 3.63) is 70.2 Å². The van der Waals surface area contributed by atoms with E-state index in [1.807, 2.05) is 35.2 Å². The van der Waals surface area contributed by atoms with Crippen LogP contribution in [0.5, 0.6) is 0 Å². The molecule has 1 aromatic heterocycles. The molecule has 1 fully saturated rings. The second kappa shape index (κ2) is 8.15. The molecular weight excluding hydrogens is 374 g/mol. The highest BCUT2D eigenvalue weighted by molar-refractivity contribution is 6.31. The number of carbonyl (C=O) groups is 1. The molecule has 3 aromatic rings. The Morgan fingerprint density at radius 3 is 2.61 bits per heavy atom. The van der Waals surface area contributed by atoms with E-state index in [9.17, 15) is 9.59 Å². The maximum Gasteiger partial charge on any atom is 0.261 e. The van der Waals surface area contributed by atoms with Gasteiger partial charge in [0.15, 0.2) is 0 Å².